The Balaban J connectivity index is 2.19. The summed E-state index contributed by atoms with van der Waals surface area (Å²) in [6.45, 7) is 1.71. The first kappa shape index (κ1) is 10.8. The Morgan fingerprint density at radius 2 is 2.14 bits per heavy atom. The number of hydrogen-bond acceptors (Lipinski definition) is 3. The second-order valence-electron chi connectivity index (χ2n) is 3.52. The van der Waals surface area contributed by atoms with Gasteiger partial charge >= 0.3 is 12.0 Å². The summed E-state index contributed by atoms with van der Waals surface area (Å²) in [5.41, 5.74) is 5.06. The van der Waals surface area contributed by atoms with Crippen LogP contribution in [0.2, 0.25) is 0 Å². The van der Waals surface area contributed by atoms with Gasteiger partial charge in [-0.25, -0.2) is 4.79 Å². The predicted molar refractivity (Wildman–Crippen MR) is 49.8 cm³/mol. The molecule has 0 atom stereocenters. The minimum absolute atomic E-state index is 0.129. The molecule has 80 valence electrons. The third-order valence-corrected chi connectivity index (χ3v) is 2.48. The fourth-order valence-electron chi connectivity index (χ4n) is 1.37. The van der Waals surface area contributed by atoms with E-state index in [1.807, 2.05) is 11.9 Å². The fourth-order valence-corrected chi connectivity index (χ4v) is 1.37. The van der Waals surface area contributed by atoms with E-state index in [2.05, 4.69) is 0 Å². The van der Waals surface area contributed by atoms with Gasteiger partial charge in [0.15, 0.2) is 0 Å². The molecule has 6 nitrogen and oxygen atoms in total. The van der Waals surface area contributed by atoms with Crippen molar-refractivity contribution >= 4 is 12.0 Å². The molecule has 1 aliphatic heterocycles. The number of hydrogen-bond donors (Lipinski definition) is 2. The van der Waals surface area contributed by atoms with Crippen LogP contribution < -0.4 is 5.73 Å². The molecule has 0 spiro atoms. The van der Waals surface area contributed by atoms with Crippen molar-refractivity contribution in [1.29, 1.82) is 0 Å². The molecule has 0 aromatic carbocycles. The summed E-state index contributed by atoms with van der Waals surface area (Å²) >= 11 is 0. The van der Waals surface area contributed by atoms with Crippen LogP contribution in [0.1, 0.15) is 6.42 Å². The minimum Gasteiger partial charge on any atom is -0.481 e. The monoisotopic (exact) mass is 201 g/mol. The topological polar surface area (TPSA) is 86.9 Å². The molecule has 0 radical (unpaired) electrons. The van der Waals surface area contributed by atoms with Gasteiger partial charge in [0.05, 0.1) is 6.42 Å². The lowest BCUT2D eigenvalue weighted by atomic mass is 10.1. The van der Waals surface area contributed by atoms with Crippen molar-refractivity contribution in [2.45, 2.75) is 12.5 Å². The summed E-state index contributed by atoms with van der Waals surface area (Å²) in [5.74, 6) is -0.803. The maximum absolute atomic E-state index is 10.7. The number of urea groups is 1. The van der Waals surface area contributed by atoms with E-state index >= 15 is 0 Å². The Morgan fingerprint density at radius 1 is 1.57 bits per heavy atom. The summed E-state index contributed by atoms with van der Waals surface area (Å²) < 4.78 is 0. The molecule has 1 rings (SSSR count). The van der Waals surface area contributed by atoms with Crippen molar-refractivity contribution in [3.63, 3.8) is 0 Å². The maximum Gasteiger partial charge on any atom is 0.314 e. The van der Waals surface area contributed by atoms with Crippen LogP contribution in [0.25, 0.3) is 0 Å². The first-order valence-corrected chi connectivity index (χ1v) is 4.47. The lowest BCUT2D eigenvalue weighted by Crippen LogP contribution is -2.61. The Hall–Kier alpha value is -1.30. The number of nitrogens with zero attached hydrogens (tertiary/aromatic N) is 2. The van der Waals surface area contributed by atoms with Crippen molar-refractivity contribution in [3.05, 3.63) is 0 Å². The Bertz CT molecular complexity index is 235. The van der Waals surface area contributed by atoms with Gasteiger partial charge in [0.25, 0.3) is 0 Å². The maximum atomic E-state index is 10.7. The summed E-state index contributed by atoms with van der Waals surface area (Å²) in [7, 11) is 1.85. The summed E-state index contributed by atoms with van der Waals surface area (Å²) in [4.78, 5) is 24.4. The number of carbonyl (C=O) groups is 2. The number of likely N-dealkylation sites (tertiary alicyclic amines) is 1. The second-order valence-corrected chi connectivity index (χ2v) is 3.52. The van der Waals surface area contributed by atoms with Crippen LogP contribution in [-0.4, -0.2) is 59.6 Å². The summed E-state index contributed by atoms with van der Waals surface area (Å²) in [6.07, 6.45) is 0.129. The van der Waals surface area contributed by atoms with Crippen molar-refractivity contribution in [2.24, 2.45) is 5.73 Å². The Kier molecular flexibility index (Phi) is 3.29. The smallest absolute Gasteiger partial charge is 0.314 e. The number of aliphatic carboxylic acids is 1. The second kappa shape index (κ2) is 4.28. The standard InChI is InChI=1S/C8H15N3O3/c1-10(3-2-7(12)13)6-4-11(5-6)8(9)14/h6H,2-5H2,1H3,(H2,9,14)(H,12,13). The molecule has 0 aromatic heterocycles. The van der Waals surface area contributed by atoms with E-state index in [0.717, 1.165) is 0 Å². The summed E-state index contributed by atoms with van der Waals surface area (Å²) in [6, 6.07) is -0.158. The van der Waals surface area contributed by atoms with Crippen molar-refractivity contribution in [3.8, 4) is 0 Å². The van der Waals surface area contributed by atoms with E-state index in [-0.39, 0.29) is 12.5 Å². The van der Waals surface area contributed by atoms with E-state index in [1.165, 1.54) is 4.90 Å². The van der Waals surface area contributed by atoms with E-state index in [1.54, 1.807) is 0 Å². The van der Waals surface area contributed by atoms with Gasteiger partial charge in [-0.1, -0.05) is 0 Å². The molecule has 0 unspecified atom stereocenters. The van der Waals surface area contributed by atoms with Gasteiger partial charge < -0.3 is 15.7 Å². The van der Waals surface area contributed by atoms with Crippen LogP contribution in [0.5, 0.6) is 0 Å². The number of likely N-dealkylation sites (N-methyl/N-ethyl adjacent to an activating group) is 1. The lowest BCUT2D eigenvalue weighted by Gasteiger charge is -2.42. The number of nitrogens with two attached hydrogens (primary N) is 1. The fraction of sp³-hybridized carbons (Fsp3) is 0.750. The third kappa shape index (κ3) is 2.59. The zero-order valence-corrected chi connectivity index (χ0v) is 8.14. The molecule has 3 N–H and O–H groups in total. The van der Waals surface area contributed by atoms with Gasteiger partial charge in [0.1, 0.15) is 0 Å². The molecule has 1 aliphatic rings. The van der Waals surface area contributed by atoms with Gasteiger partial charge in [-0.3, -0.25) is 9.69 Å². The number of primary amides is 1. The first-order valence-electron chi connectivity index (χ1n) is 4.47. The van der Waals surface area contributed by atoms with E-state index in [9.17, 15) is 9.59 Å². The van der Waals surface area contributed by atoms with E-state index in [0.29, 0.717) is 19.6 Å². The highest BCUT2D eigenvalue weighted by Crippen LogP contribution is 2.12. The molecular formula is C8H15N3O3. The molecule has 14 heavy (non-hydrogen) atoms. The third-order valence-electron chi connectivity index (χ3n) is 2.48. The Morgan fingerprint density at radius 3 is 2.57 bits per heavy atom. The highest BCUT2D eigenvalue weighted by Gasteiger charge is 2.31. The first-order chi connectivity index (χ1) is 6.50. The minimum atomic E-state index is -0.803. The summed E-state index contributed by atoms with van der Waals surface area (Å²) in [5, 5.41) is 8.46. The van der Waals surface area contributed by atoms with Crippen LogP contribution in [0, 0.1) is 0 Å². The number of carbonyl (C=O) groups excluding carboxylic acids is 1. The molecule has 1 fully saturated rings. The SMILES string of the molecule is CN(CCC(=O)O)C1CN(C(N)=O)C1. The zero-order chi connectivity index (χ0) is 10.7. The van der Waals surface area contributed by atoms with Gasteiger partial charge in [-0.2, -0.15) is 0 Å². The highest BCUT2D eigenvalue weighted by atomic mass is 16.4. The average molecular weight is 201 g/mol. The normalized spacial score (nSPS) is 16.9. The molecule has 1 heterocycles. The van der Waals surface area contributed by atoms with E-state index in [4.69, 9.17) is 10.8 Å². The van der Waals surface area contributed by atoms with Crippen LogP contribution >= 0.6 is 0 Å². The zero-order valence-electron chi connectivity index (χ0n) is 8.14. The van der Waals surface area contributed by atoms with Crippen molar-refractivity contribution in [1.82, 2.24) is 9.80 Å². The van der Waals surface area contributed by atoms with Gasteiger partial charge in [-0.05, 0) is 7.05 Å². The number of carboxylic acid groups (broad SMARTS) is 1. The van der Waals surface area contributed by atoms with Crippen molar-refractivity contribution < 1.29 is 14.7 Å². The van der Waals surface area contributed by atoms with E-state index < -0.39 is 12.0 Å². The van der Waals surface area contributed by atoms with Crippen LogP contribution in [0.15, 0.2) is 0 Å². The Labute approximate surface area is 82.3 Å². The van der Waals surface area contributed by atoms with Gasteiger partial charge in [0.2, 0.25) is 0 Å². The molecule has 2 amide bonds. The van der Waals surface area contributed by atoms with Gasteiger partial charge in [0, 0.05) is 25.7 Å². The number of carboxylic acids is 1. The number of amides is 2. The molecule has 1 saturated heterocycles. The average Bonchev–Trinajstić information content (AvgIpc) is 1.97. The lowest BCUT2D eigenvalue weighted by molar-refractivity contribution is -0.137. The molecule has 0 aliphatic carbocycles. The van der Waals surface area contributed by atoms with Crippen LogP contribution in [0.4, 0.5) is 4.79 Å². The van der Waals surface area contributed by atoms with Gasteiger partial charge in [-0.15, -0.1) is 0 Å². The quantitative estimate of drug-likeness (QED) is 0.620. The molecule has 0 aromatic rings. The molecule has 0 bridgehead atoms. The molecule has 6 heteroatoms. The largest absolute Gasteiger partial charge is 0.481 e. The highest BCUT2D eigenvalue weighted by molar-refractivity contribution is 5.73. The van der Waals surface area contributed by atoms with Crippen LogP contribution in [-0.2, 0) is 4.79 Å². The predicted octanol–water partition coefficient (Wildman–Crippen LogP) is -0.844. The van der Waals surface area contributed by atoms with Crippen LogP contribution in [0.3, 0.4) is 0 Å². The molecule has 0 saturated carbocycles. The van der Waals surface area contributed by atoms with Crippen molar-refractivity contribution in [2.75, 3.05) is 26.7 Å². The molecular weight excluding hydrogens is 186 g/mol. The number of rotatable bonds is 4.